The summed E-state index contributed by atoms with van der Waals surface area (Å²) in [6, 6.07) is 11.8. The zero-order valence-corrected chi connectivity index (χ0v) is 13.8. The normalized spacial score (nSPS) is 13.3. The number of carbonyl (C=O) groups excluding carboxylic acids is 1. The van der Waals surface area contributed by atoms with Crippen molar-refractivity contribution in [2.45, 2.75) is 24.8 Å². The lowest BCUT2D eigenvalue weighted by molar-refractivity contribution is -0.116. The van der Waals surface area contributed by atoms with Crippen LogP contribution in [-0.4, -0.2) is 23.2 Å². The summed E-state index contributed by atoms with van der Waals surface area (Å²) in [6.45, 7) is 2.80. The van der Waals surface area contributed by atoms with Crippen LogP contribution in [0.25, 0.3) is 0 Å². The van der Waals surface area contributed by atoms with Crippen molar-refractivity contribution in [1.82, 2.24) is 4.98 Å². The largest absolute Gasteiger partial charge is 0.311 e. The van der Waals surface area contributed by atoms with Gasteiger partial charge in [0.1, 0.15) is 11.1 Å². The summed E-state index contributed by atoms with van der Waals surface area (Å²) >= 11 is 1.33. The van der Waals surface area contributed by atoms with E-state index in [0.717, 1.165) is 30.6 Å². The second-order valence-electron chi connectivity index (χ2n) is 5.49. The van der Waals surface area contributed by atoms with Gasteiger partial charge in [-0.2, -0.15) is 5.26 Å². The molecule has 5 heteroatoms. The molecular formula is C18H17N3OS. The Hall–Kier alpha value is -2.32. The number of anilines is 1. The molecule has 3 rings (SSSR count). The number of para-hydroxylation sites is 1. The molecule has 1 aliphatic rings. The van der Waals surface area contributed by atoms with Crippen LogP contribution >= 0.6 is 11.8 Å². The van der Waals surface area contributed by atoms with Gasteiger partial charge in [0.05, 0.1) is 11.3 Å². The molecule has 2 aromatic rings. The van der Waals surface area contributed by atoms with Crippen LogP contribution in [-0.2, 0) is 11.2 Å². The molecule has 1 aromatic carbocycles. The summed E-state index contributed by atoms with van der Waals surface area (Å²) in [5.74, 6) is 0.360. The molecule has 0 spiro atoms. The minimum Gasteiger partial charge on any atom is -0.311 e. The summed E-state index contributed by atoms with van der Waals surface area (Å²) in [6.07, 6.45) is 3.65. The van der Waals surface area contributed by atoms with Crippen molar-refractivity contribution in [2.24, 2.45) is 0 Å². The van der Waals surface area contributed by atoms with E-state index in [-0.39, 0.29) is 5.91 Å². The number of rotatable bonds is 3. The molecule has 0 radical (unpaired) electrons. The van der Waals surface area contributed by atoms with Gasteiger partial charge in [0.25, 0.3) is 0 Å². The minimum absolute atomic E-state index is 0.0693. The molecule has 0 atom stereocenters. The van der Waals surface area contributed by atoms with Crippen LogP contribution in [0.15, 0.2) is 41.6 Å². The highest BCUT2D eigenvalue weighted by Crippen LogP contribution is 2.31. The van der Waals surface area contributed by atoms with Crippen molar-refractivity contribution in [2.75, 3.05) is 17.2 Å². The molecule has 0 aliphatic carbocycles. The summed E-state index contributed by atoms with van der Waals surface area (Å²) in [5.41, 5.74) is 3.95. The molecule has 1 amide bonds. The van der Waals surface area contributed by atoms with Crippen molar-refractivity contribution in [3.63, 3.8) is 0 Å². The Morgan fingerprint density at radius 2 is 2.26 bits per heavy atom. The standard InChI is InChI=1S/C18H17N3OS/c1-13-5-2-6-14-8-4-10-21(17(13)14)16(22)12-23-18-15(11-19)7-3-9-20-18/h2-3,5-7,9H,4,8,10,12H2,1H3. The fourth-order valence-electron chi connectivity index (χ4n) is 2.90. The molecule has 0 saturated heterocycles. The average Bonchev–Trinajstić information content (AvgIpc) is 2.59. The minimum atomic E-state index is 0.0693. The molecule has 23 heavy (non-hydrogen) atoms. The summed E-state index contributed by atoms with van der Waals surface area (Å²) in [5, 5.41) is 9.72. The Bertz CT molecular complexity index is 782. The maximum Gasteiger partial charge on any atom is 0.237 e. The quantitative estimate of drug-likeness (QED) is 0.813. The van der Waals surface area contributed by atoms with Crippen LogP contribution in [0.2, 0.25) is 0 Å². The smallest absolute Gasteiger partial charge is 0.237 e. The van der Waals surface area contributed by atoms with Gasteiger partial charge in [-0.25, -0.2) is 4.98 Å². The van der Waals surface area contributed by atoms with Crippen LogP contribution in [0.1, 0.15) is 23.1 Å². The molecular weight excluding hydrogens is 306 g/mol. The van der Waals surface area contributed by atoms with Gasteiger partial charge in [-0.05, 0) is 43.0 Å². The lowest BCUT2D eigenvalue weighted by Crippen LogP contribution is -2.37. The molecule has 0 N–H and O–H groups in total. The van der Waals surface area contributed by atoms with Gasteiger partial charge in [-0.15, -0.1) is 0 Å². The number of hydrogen-bond acceptors (Lipinski definition) is 4. The first kappa shape index (κ1) is 15.6. The molecule has 1 aromatic heterocycles. The molecule has 0 unspecified atom stereocenters. The lowest BCUT2D eigenvalue weighted by Gasteiger charge is -2.31. The number of benzene rings is 1. The predicted octanol–water partition coefficient (Wildman–Crippen LogP) is 3.33. The van der Waals surface area contributed by atoms with Crippen molar-refractivity contribution in [1.29, 1.82) is 5.26 Å². The van der Waals surface area contributed by atoms with E-state index in [1.807, 2.05) is 24.0 Å². The second kappa shape index (κ2) is 6.84. The number of aryl methyl sites for hydroxylation is 2. The van der Waals surface area contributed by atoms with Crippen LogP contribution in [0.3, 0.4) is 0 Å². The number of pyridine rings is 1. The maximum absolute atomic E-state index is 12.7. The molecule has 2 heterocycles. The van der Waals surface area contributed by atoms with E-state index in [0.29, 0.717) is 16.3 Å². The van der Waals surface area contributed by atoms with Crippen molar-refractivity contribution >= 4 is 23.4 Å². The summed E-state index contributed by atoms with van der Waals surface area (Å²) in [4.78, 5) is 18.8. The first-order valence-electron chi connectivity index (χ1n) is 7.57. The Balaban J connectivity index is 1.77. The molecule has 0 bridgehead atoms. The van der Waals surface area contributed by atoms with E-state index in [1.54, 1.807) is 18.3 Å². The third-order valence-corrected chi connectivity index (χ3v) is 4.93. The number of thioether (sulfide) groups is 1. The highest BCUT2D eigenvalue weighted by atomic mass is 32.2. The van der Waals surface area contributed by atoms with E-state index in [9.17, 15) is 4.79 Å². The van der Waals surface area contributed by atoms with E-state index >= 15 is 0 Å². The zero-order valence-electron chi connectivity index (χ0n) is 13.0. The predicted molar refractivity (Wildman–Crippen MR) is 91.5 cm³/mol. The molecule has 116 valence electrons. The van der Waals surface area contributed by atoms with Crippen LogP contribution < -0.4 is 4.90 Å². The van der Waals surface area contributed by atoms with Crippen molar-refractivity contribution < 1.29 is 4.79 Å². The third-order valence-electron chi connectivity index (χ3n) is 3.94. The van der Waals surface area contributed by atoms with Gasteiger partial charge in [0.2, 0.25) is 5.91 Å². The molecule has 0 fully saturated rings. The highest BCUT2D eigenvalue weighted by molar-refractivity contribution is 8.00. The van der Waals surface area contributed by atoms with Crippen LogP contribution in [0.5, 0.6) is 0 Å². The zero-order chi connectivity index (χ0) is 16.2. The van der Waals surface area contributed by atoms with Crippen molar-refractivity contribution in [3.8, 4) is 6.07 Å². The van der Waals surface area contributed by atoms with E-state index < -0.39 is 0 Å². The molecule has 0 saturated carbocycles. The van der Waals surface area contributed by atoms with Gasteiger partial charge in [0.15, 0.2) is 0 Å². The summed E-state index contributed by atoms with van der Waals surface area (Å²) < 4.78 is 0. The fraction of sp³-hybridized carbons (Fsp3) is 0.278. The lowest BCUT2D eigenvalue weighted by atomic mass is 9.98. The first-order valence-corrected chi connectivity index (χ1v) is 8.56. The Morgan fingerprint density at radius 1 is 1.39 bits per heavy atom. The molecule has 4 nitrogen and oxygen atoms in total. The van der Waals surface area contributed by atoms with Gasteiger partial charge in [0, 0.05) is 18.4 Å². The van der Waals surface area contributed by atoms with Gasteiger partial charge < -0.3 is 4.90 Å². The van der Waals surface area contributed by atoms with Crippen LogP contribution in [0.4, 0.5) is 5.69 Å². The van der Waals surface area contributed by atoms with E-state index in [1.165, 1.54) is 17.3 Å². The molecule has 1 aliphatic heterocycles. The Kier molecular flexibility index (Phi) is 4.63. The number of aromatic nitrogens is 1. The average molecular weight is 323 g/mol. The first-order chi connectivity index (χ1) is 11.2. The van der Waals surface area contributed by atoms with E-state index in [4.69, 9.17) is 5.26 Å². The monoisotopic (exact) mass is 323 g/mol. The summed E-state index contributed by atoms with van der Waals surface area (Å²) in [7, 11) is 0. The number of amides is 1. The third kappa shape index (κ3) is 3.22. The van der Waals surface area contributed by atoms with E-state index in [2.05, 4.69) is 17.1 Å². The van der Waals surface area contributed by atoms with Crippen molar-refractivity contribution in [3.05, 3.63) is 53.2 Å². The van der Waals surface area contributed by atoms with Crippen LogP contribution in [0, 0.1) is 18.3 Å². The number of fused-ring (bicyclic) bond motifs is 1. The number of carbonyl (C=O) groups is 1. The number of nitrogens with zero attached hydrogens (tertiary/aromatic N) is 3. The number of nitriles is 1. The van der Waals surface area contributed by atoms with Gasteiger partial charge in [-0.1, -0.05) is 30.0 Å². The highest BCUT2D eigenvalue weighted by Gasteiger charge is 2.24. The Morgan fingerprint density at radius 3 is 3.09 bits per heavy atom. The topological polar surface area (TPSA) is 57.0 Å². The maximum atomic E-state index is 12.7. The number of hydrogen-bond donors (Lipinski definition) is 0. The van der Waals surface area contributed by atoms with Gasteiger partial charge >= 0.3 is 0 Å². The fourth-order valence-corrected chi connectivity index (χ4v) is 3.72. The second-order valence-corrected chi connectivity index (χ2v) is 6.45. The Labute approximate surface area is 140 Å². The van der Waals surface area contributed by atoms with Gasteiger partial charge in [-0.3, -0.25) is 4.79 Å². The SMILES string of the molecule is Cc1cccc2c1N(C(=O)CSc1ncccc1C#N)CCC2.